The van der Waals surface area contributed by atoms with E-state index < -0.39 is 0 Å². The number of anilines is 1. The van der Waals surface area contributed by atoms with E-state index in [9.17, 15) is 0 Å². The molecule has 2 N–H and O–H groups in total. The number of aryl methyl sites for hydroxylation is 1. The zero-order chi connectivity index (χ0) is 13.8. The summed E-state index contributed by atoms with van der Waals surface area (Å²) >= 11 is 5.93. The SMILES string of the molecule is Cc1ccccc1CN(C)Cc1ccc(Cl)c(N)c1. The van der Waals surface area contributed by atoms with Gasteiger partial charge in [-0.2, -0.15) is 0 Å². The van der Waals surface area contributed by atoms with Gasteiger partial charge in [-0.05, 0) is 42.8 Å². The molecule has 0 radical (unpaired) electrons. The Morgan fingerprint density at radius 2 is 1.84 bits per heavy atom. The number of nitrogens with two attached hydrogens (primary N) is 1. The van der Waals surface area contributed by atoms with Crippen molar-refractivity contribution in [3.63, 3.8) is 0 Å². The third kappa shape index (κ3) is 3.72. The fraction of sp³-hybridized carbons (Fsp3) is 0.250. The molecule has 0 heterocycles. The third-order valence-corrected chi connectivity index (χ3v) is 3.56. The summed E-state index contributed by atoms with van der Waals surface area (Å²) < 4.78 is 0. The maximum Gasteiger partial charge on any atom is 0.0635 e. The van der Waals surface area contributed by atoms with Crippen LogP contribution in [0.2, 0.25) is 5.02 Å². The lowest BCUT2D eigenvalue weighted by Crippen LogP contribution is -2.17. The molecule has 0 aliphatic heterocycles. The molecule has 2 nitrogen and oxygen atoms in total. The Hall–Kier alpha value is -1.51. The molecule has 2 aromatic rings. The van der Waals surface area contributed by atoms with Crippen molar-refractivity contribution in [1.82, 2.24) is 4.90 Å². The lowest BCUT2D eigenvalue weighted by molar-refractivity contribution is 0.318. The van der Waals surface area contributed by atoms with E-state index in [1.807, 2.05) is 18.2 Å². The molecular formula is C16H19ClN2. The molecule has 100 valence electrons. The first-order valence-corrected chi connectivity index (χ1v) is 6.71. The molecule has 2 aromatic carbocycles. The zero-order valence-electron chi connectivity index (χ0n) is 11.4. The Labute approximate surface area is 119 Å². The van der Waals surface area contributed by atoms with Gasteiger partial charge >= 0.3 is 0 Å². The second-order valence-electron chi connectivity index (χ2n) is 4.95. The second-order valence-corrected chi connectivity index (χ2v) is 5.36. The van der Waals surface area contributed by atoms with Crippen molar-refractivity contribution < 1.29 is 0 Å². The molecule has 0 saturated heterocycles. The Morgan fingerprint density at radius 3 is 2.53 bits per heavy atom. The van der Waals surface area contributed by atoms with Crippen LogP contribution in [0, 0.1) is 6.92 Å². The quantitative estimate of drug-likeness (QED) is 0.858. The number of benzene rings is 2. The summed E-state index contributed by atoms with van der Waals surface area (Å²) in [6.07, 6.45) is 0. The molecule has 19 heavy (non-hydrogen) atoms. The van der Waals surface area contributed by atoms with Gasteiger partial charge in [-0.15, -0.1) is 0 Å². The van der Waals surface area contributed by atoms with Gasteiger partial charge in [-0.25, -0.2) is 0 Å². The summed E-state index contributed by atoms with van der Waals surface area (Å²) in [5.74, 6) is 0. The van der Waals surface area contributed by atoms with Crippen LogP contribution in [0.15, 0.2) is 42.5 Å². The van der Waals surface area contributed by atoms with Crippen molar-refractivity contribution in [1.29, 1.82) is 0 Å². The van der Waals surface area contributed by atoms with Crippen molar-refractivity contribution in [3.8, 4) is 0 Å². The molecule has 0 aliphatic carbocycles. The van der Waals surface area contributed by atoms with Gasteiger partial charge in [0, 0.05) is 13.1 Å². The van der Waals surface area contributed by atoms with Crippen LogP contribution in [0.4, 0.5) is 5.69 Å². The highest BCUT2D eigenvalue weighted by Gasteiger charge is 2.05. The van der Waals surface area contributed by atoms with Gasteiger partial charge in [0.15, 0.2) is 0 Å². The van der Waals surface area contributed by atoms with Crippen molar-refractivity contribution in [2.75, 3.05) is 12.8 Å². The molecule has 0 unspecified atom stereocenters. The second kappa shape index (κ2) is 6.09. The lowest BCUT2D eigenvalue weighted by Gasteiger charge is -2.18. The first-order valence-electron chi connectivity index (χ1n) is 6.33. The summed E-state index contributed by atoms with van der Waals surface area (Å²) in [5, 5.41) is 0.616. The van der Waals surface area contributed by atoms with Crippen LogP contribution < -0.4 is 5.73 Å². The molecule has 0 fully saturated rings. The summed E-state index contributed by atoms with van der Waals surface area (Å²) in [6.45, 7) is 3.92. The van der Waals surface area contributed by atoms with Gasteiger partial charge in [0.1, 0.15) is 0 Å². The van der Waals surface area contributed by atoms with E-state index in [0.29, 0.717) is 10.7 Å². The largest absolute Gasteiger partial charge is 0.398 e. The van der Waals surface area contributed by atoms with E-state index in [0.717, 1.165) is 13.1 Å². The van der Waals surface area contributed by atoms with Gasteiger partial charge in [0.25, 0.3) is 0 Å². The van der Waals surface area contributed by atoms with Crippen LogP contribution >= 0.6 is 11.6 Å². The lowest BCUT2D eigenvalue weighted by atomic mass is 10.1. The number of nitrogen functional groups attached to an aromatic ring is 1. The van der Waals surface area contributed by atoms with Crippen molar-refractivity contribution in [3.05, 3.63) is 64.2 Å². The fourth-order valence-corrected chi connectivity index (χ4v) is 2.25. The predicted octanol–water partition coefficient (Wildman–Crippen LogP) is 3.86. The molecule has 2 rings (SSSR count). The summed E-state index contributed by atoms with van der Waals surface area (Å²) in [4.78, 5) is 2.27. The van der Waals surface area contributed by atoms with Crippen LogP contribution in [-0.2, 0) is 13.1 Å². The summed E-state index contributed by atoms with van der Waals surface area (Å²) in [6, 6.07) is 14.3. The summed E-state index contributed by atoms with van der Waals surface area (Å²) in [5.41, 5.74) is 10.3. The topological polar surface area (TPSA) is 29.3 Å². The standard InChI is InChI=1S/C16H19ClN2/c1-12-5-3-4-6-14(12)11-19(2)10-13-7-8-15(17)16(18)9-13/h3-9H,10-11,18H2,1-2H3. The van der Waals surface area contributed by atoms with Crippen molar-refractivity contribution >= 4 is 17.3 Å². The monoisotopic (exact) mass is 274 g/mol. The number of nitrogens with zero attached hydrogens (tertiary/aromatic N) is 1. The number of rotatable bonds is 4. The van der Waals surface area contributed by atoms with Crippen LogP contribution in [0.3, 0.4) is 0 Å². The van der Waals surface area contributed by atoms with Crippen LogP contribution in [0.25, 0.3) is 0 Å². The van der Waals surface area contributed by atoms with E-state index in [4.69, 9.17) is 17.3 Å². The minimum Gasteiger partial charge on any atom is -0.398 e. The Kier molecular flexibility index (Phi) is 4.46. The Bertz CT molecular complexity index is 566. The average molecular weight is 275 g/mol. The van der Waals surface area contributed by atoms with E-state index in [2.05, 4.69) is 43.1 Å². The molecule has 0 aromatic heterocycles. The summed E-state index contributed by atoms with van der Waals surface area (Å²) in [7, 11) is 2.11. The van der Waals surface area contributed by atoms with Gasteiger partial charge in [-0.3, -0.25) is 4.90 Å². The van der Waals surface area contributed by atoms with Crippen molar-refractivity contribution in [2.45, 2.75) is 20.0 Å². The first kappa shape index (κ1) is 13.9. The van der Waals surface area contributed by atoms with E-state index in [1.54, 1.807) is 0 Å². The third-order valence-electron chi connectivity index (χ3n) is 3.21. The fourth-order valence-electron chi connectivity index (χ4n) is 2.14. The molecule has 0 spiro atoms. The number of halogens is 1. The molecule has 0 atom stereocenters. The van der Waals surface area contributed by atoms with Crippen LogP contribution in [-0.4, -0.2) is 11.9 Å². The van der Waals surface area contributed by atoms with Gasteiger partial charge in [0.2, 0.25) is 0 Å². The van der Waals surface area contributed by atoms with Crippen LogP contribution in [0.1, 0.15) is 16.7 Å². The smallest absolute Gasteiger partial charge is 0.0635 e. The van der Waals surface area contributed by atoms with Crippen molar-refractivity contribution in [2.24, 2.45) is 0 Å². The number of hydrogen-bond acceptors (Lipinski definition) is 2. The van der Waals surface area contributed by atoms with E-state index in [1.165, 1.54) is 16.7 Å². The minimum atomic E-state index is 0.616. The highest BCUT2D eigenvalue weighted by molar-refractivity contribution is 6.33. The van der Waals surface area contributed by atoms with Gasteiger partial charge in [0.05, 0.1) is 10.7 Å². The molecule has 0 amide bonds. The highest BCUT2D eigenvalue weighted by Crippen LogP contribution is 2.20. The van der Waals surface area contributed by atoms with E-state index in [-0.39, 0.29) is 0 Å². The highest BCUT2D eigenvalue weighted by atomic mass is 35.5. The molecule has 3 heteroatoms. The minimum absolute atomic E-state index is 0.616. The van der Waals surface area contributed by atoms with E-state index >= 15 is 0 Å². The molecule has 0 saturated carbocycles. The Balaban J connectivity index is 2.03. The molecule has 0 aliphatic rings. The average Bonchev–Trinajstić information content (AvgIpc) is 2.37. The first-order chi connectivity index (χ1) is 9.06. The molecular weight excluding hydrogens is 256 g/mol. The molecule has 0 bridgehead atoms. The van der Waals surface area contributed by atoms with Crippen LogP contribution in [0.5, 0.6) is 0 Å². The predicted molar refractivity (Wildman–Crippen MR) is 82.2 cm³/mol. The van der Waals surface area contributed by atoms with Gasteiger partial charge < -0.3 is 5.73 Å². The zero-order valence-corrected chi connectivity index (χ0v) is 12.1. The Morgan fingerprint density at radius 1 is 1.11 bits per heavy atom. The maximum atomic E-state index is 5.93. The maximum absolute atomic E-state index is 5.93. The number of hydrogen-bond donors (Lipinski definition) is 1. The normalized spacial score (nSPS) is 10.9. The van der Waals surface area contributed by atoms with Gasteiger partial charge in [-0.1, -0.05) is 41.9 Å².